The first kappa shape index (κ1) is 11.1. The van der Waals surface area contributed by atoms with Crippen LogP contribution in [0.4, 0.5) is 0 Å². The first-order valence-corrected chi connectivity index (χ1v) is 6.16. The minimum atomic E-state index is -0.0821. The zero-order chi connectivity index (χ0) is 11.4. The van der Waals surface area contributed by atoms with Gasteiger partial charge in [-0.25, -0.2) is 0 Å². The van der Waals surface area contributed by atoms with Crippen molar-refractivity contribution >= 4 is 17.2 Å². The van der Waals surface area contributed by atoms with Gasteiger partial charge >= 0.3 is 0 Å². The molecule has 1 aromatic rings. The summed E-state index contributed by atoms with van der Waals surface area (Å²) in [6.45, 7) is 1.44. The van der Waals surface area contributed by atoms with Crippen LogP contribution in [-0.4, -0.2) is 18.5 Å². The number of thiophene rings is 1. The highest BCUT2D eigenvalue weighted by atomic mass is 32.1. The second kappa shape index (κ2) is 5.10. The van der Waals surface area contributed by atoms with Crippen LogP contribution in [-0.2, 0) is 11.3 Å². The van der Waals surface area contributed by atoms with E-state index in [0.717, 1.165) is 24.3 Å². The van der Waals surface area contributed by atoms with E-state index in [0.29, 0.717) is 12.1 Å². The van der Waals surface area contributed by atoms with Crippen molar-refractivity contribution < 1.29 is 4.79 Å². The molecule has 0 aliphatic carbocycles. The summed E-state index contributed by atoms with van der Waals surface area (Å²) in [7, 11) is 0. The van der Waals surface area contributed by atoms with E-state index >= 15 is 0 Å². The van der Waals surface area contributed by atoms with E-state index in [1.165, 1.54) is 0 Å². The molecule has 1 saturated heterocycles. The molecule has 0 bridgehead atoms. The molecule has 1 unspecified atom stereocenters. The van der Waals surface area contributed by atoms with Crippen LogP contribution < -0.4 is 10.6 Å². The molecule has 1 aromatic heterocycles. The number of carbonyl (C=O) groups is 1. The van der Waals surface area contributed by atoms with Crippen molar-refractivity contribution in [2.24, 2.45) is 0 Å². The molecule has 2 rings (SSSR count). The van der Waals surface area contributed by atoms with Crippen molar-refractivity contribution in [1.29, 1.82) is 5.26 Å². The maximum atomic E-state index is 11.5. The Bertz CT molecular complexity index is 421. The highest BCUT2D eigenvalue weighted by Gasteiger charge is 2.20. The molecule has 0 aromatic carbocycles. The van der Waals surface area contributed by atoms with Gasteiger partial charge in [-0.2, -0.15) is 5.26 Å². The fraction of sp³-hybridized carbons (Fsp3) is 0.455. The van der Waals surface area contributed by atoms with Gasteiger partial charge in [-0.1, -0.05) is 0 Å². The Balaban J connectivity index is 1.87. The van der Waals surface area contributed by atoms with Crippen molar-refractivity contribution in [1.82, 2.24) is 10.6 Å². The first-order chi connectivity index (χ1) is 7.79. The third kappa shape index (κ3) is 2.60. The van der Waals surface area contributed by atoms with E-state index < -0.39 is 0 Å². The molecule has 2 N–H and O–H groups in total. The molecule has 0 radical (unpaired) electrons. The number of rotatable bonds is 3. The fourth-order valence-corrected chi connectivity index (χ4v) is 2.48. The van der Waals surface area contributed by atoms with Gasteiger partial charge < -0.3 is 10.6 Å². The van der Waals surface area contributed by atoms with Crippen molar-refractivity contribution in [3.05, 3.63) is 21.9 Å². The van der Waals surface area contributed by atoms with Crippen molar-refractivity contribution in [3.8, 4) is 6.07 Å². The molecule has 16 heavy (non-hydrogen) atoms. The van der Waals surface area contributed by atoms with Gasteiger partial charge in [0.25, 0.3) is 0 Å². The summed E-state index contributed by atoms with van der Waals surface area (Å²) < 4.78 is 0. The third-order valence-electron chi connectivity index (χ3n) is 2.59. The molecule has 4 nitrogen and oxygen atoms in total. The topological polar surface area (TPSA) is 64.9 Å². The molecule has 2 heterocycles. The number of piperidine rings is 1. The highest BCUT2D eigenvalue weighted by Crippen LogP contribution is 2.14. The molecule has 1 aliphatic rings. The predicted molar refractivity (Wildman–Crippen MR) is 61.9 cm³/mol. The van der Waals surface area contributed by atoms with E-state index in [2.05, 4.69) is 16.7 Å². The van der Waals surface area contributed by atoms with Gasteiger partial charge in [0.1, 0.15) is 6.07 Å². The minimum Gasteiger partial charge on any atom is -0.355 e. The molecular weight excluding hydrogens is 222 g/mol. The Labute approximate surface area is 98.3 Å². The van der Waals surface area contributed by atoms with Gasteiger partial charge in [-0.05, 0) is 18.9 Å². The van der Waals surface area contributed by atoms with Gasteiger partial charge in [-0.15, -0.1) is 11.3 Å². The number of carbonyl (C=O) groups excluding carboxylic acids is 1. The summed E-state index contributed by atoms with van der Waals surface area (Å²) in [4.78, 5) is 12.5. The van der Waals surface area contributed by atoms with E-state index in [1.807, 2.05) is 11.4 Å². The lowest BCUT2D eigenvalue weighted by Crippen LogP contribution is -2.47. The Morgan fingerprint density at radius 2 is 2.56 bits per heavy atom. The van der Waals surface area contributed by atoms with E-state index in [-0.39, 0.29) is 11.9 Å². The summed E-state index contributed by atoms with van der Waals surface area (Å²) in [5.74, 6) is 0.0864. The van der Waals surface area contributed by atoms with Crippen LogP contribution in [0, 0.1) is 11.3 Å². The lowest BCUT2D eigenvalue weighted by atomic mass is 10.1. The smallest absolute Gasteiger partial charge is 0.237 e. The lowest BCUT2D eigenvalue weighted by molar-refractivity contribution is -0.124. The van der Waals surface area contributed by atoms with Gasteiger partial charge in [0.15, 0.2) is 0 Å². The molecule has 0 saturated carbocycles. The normalized spacial score (nSPS) is 20.2. The first-order valence-electron chi connectivity index (χ1n) is 5.28. The van der Waals surface area contributed by atoms with Crippen molar-refractivity contribution in [3.63, 3.8) is 0 Å². The third-order valence-corrected chi connectivity index (χ3v) is 3.53. The molecule has 0 spiro atoms. The quantitative estimate of drug-likeness (QED) is 0.821. The summed E-state index contributed by atoms with van der Waals surface area (Å²) in [6.07, 6.45) is 1.92. The molecule has 1 atom stereocenters. The van der Waals surface area contributed by atoms with Crippen LogP contribution in [0.5, 0.6) is 0 Å². The zero-order valence-electron chi connectivity index (χ0n) is 8.82. The number of nitrogens with zero attached hydrogens (tertiary/aromatic N) is 1. The van der Waals surface area contributed by atoms with E-state index in [1.54, 1.807) is 11.3 Å². The Morgan fingerprint density at radius 1 is 1.69 bits per heavy atom. The zero-order valence-corrected chi connectivity index (χ0v) is 9.64. The van der Waals surface area contributed by atoms with Crippen molar-refractivity contribution in [2.45, 2.75) is 25.4 Å². The molecule has 1 fully saturated rings. The standard InChI is InChI=1S/C11H13N3OS/c12-5-8-4-9(16-7-8)6-14-10-2-1-3-13-11(10)15/h4,7,10,14H,1-3,6H2,(H,13,15). The van der Waals surface area contributed by atoms with Crippen LogP contribution in [0.1, 0.15) is 23.3 Å². The molecule has 5 heteroatoms. The Hall–Kier alpha value is -1.38. The van der Waals surface area contributed by atoms with Crippen LogP contribution in [0.15, 0.2) is 11.4 Å². The average Bonchev–Trinajstić information content (AvgIpc) is 2.76. The van der Waals surface area contributed by atoms with Gasteiger partial charge in [0, 0.05) is 23.3 Å². The maximum absolute atomic E-state index is 11.5. The summed E-state index contributed by atoms with van der Waals surface area (Å²) in [6, 6.07) is 3.87. The van der Waals surface area contributed by atoms with Gasteiger partial charge in [0.2, 0.25) is 5.91 Å². The lowest BCUT2D eigenvalue weighted by Gasteiger charge is -2.22. The Morgan fingerprint density at radius 3 is 3.25 bits per heavy atom. The highest BCUT2D eigenvalue weighted by molar-refractivity contribution is 7.10. The number of hydrogen-bond acceptors (Lipinski definition) is 4. The van der Waals surface area contributed by atoms with Gasteiger partial charge in [-0.3, -0.25) is 4.79 Å². The largest absolute Gasteiger partial charge is 0.355 e. The molecule has 1 amide bonds. The van der Waals surface area contributed by atoms with Crippen molar-refractivity contribution in [2.75, 3.05) is 6.54 Å². The molecule has 1 aliphatic heterocycles. The monoisotopic (exact) mass is 235 g/mol. The van der Waals surface area contributed by atoms with Crippen LogP contribution in [0.2, 0.25) is 0 Å². The molecule has 84 valence electrons. The van der Waals surface area contributed by atoms with E-state index in [4.69, 9.17) is 5.26 Å². The maximum Gasteiger partial charge on any atom is 0.237 e. The van der Waals surface area contributed by atoms with Crippen LogP contribution in [0.3, 0.4) is 0 Å². The Kier molecular flexibility index (Phi) is 3.54. The SMILES string of the molecule is N#Cc1csc(CNC2CCCNC2=O)c1. The van der Waals surface area contributed by atoms with Gasteiger partial charge in [0.05, 0.1) is 11.6 Å². The summed E-state index contributed by atoms with van der Waals surface area (Å²) >= 11 is 1.55. The summed E-state index contributed by atoms with van der Waals surface area (Å²) in [5, 5.41) is 16.6. The predicted octanol–water partition coefficient (Wildman–Crippen LogP) is 0.988. The summed E-state index contributed by atoms with van der Waals surface area (Å²) in [5.41, 5.74) is 0.690. The van der Waals surface area contributed by atoms with Crippen LogP contribution in [0.25, 0.3) is 0 Å². The average molecular weight is 235 g/mol. The van der Waals surface area contributed by atoms with Crippen LogP contribution >= 0.6 is 11.3 Å². The fourth-order valence-electron chi connectivity index (χ4n) is 1.72. The molecular formula is C11H13N3OS. The number of nitrogens with one attached hydrogen (secondary N) is 2. The second-order valence-corrected chi connectivity index (χ2v) is 4.78. The number of nitriles is 1. The second-order valence-electron chi connectivity index (χ2n) is 3.78. The number of hydrogen-bond donors (Lipinski definition) is 2. The number of amides is 1. The minimum absolute atomic E-state index is 0.0821. The van der Waals surface area contributed by atoms with E-state index in [9.17, 15) is 4.79 Å².